The fraction of sp³-hybridized carbons (Fsp3) is 0.261. The van der Waals surface area contributed by atoms with Crippen LogP contribution in [-0.4, -0.2) is 19.7 Å². The van der Waals surface area contributed by atoms with E-state index in [9.17, 15) is 18.4 Å². The molecule has 0 radical (unpaired) electrons. The fourth-order valence-corrected chi connectivity index (χ4v) is 3.97. The number of aromatic nitrogens is 4. The van der Waals surface area contributed by atoms with Crippen LogP contribution in [0.5, 0.6) is 0 Å². The summed E-state index contributed by atoms with van der Waals surface area (Å²) in [6, 6.07) is 11.5. The molecule has 2 aromatic heterocycles. The molecule has 0 unspecified atom stereocenters. The Morgan fingerprint density at radius 1 is 1.15 bits per heavy atom. The van der Waals surface area contributed by atoms with Gasteiger partial charge in [-0.15, -0.1) is 0 Å². The van der Waals surface area contributed by atoms with Crippen molar-refractivity contribution in [2.75, 3.05) is 0 Å². The number of nitrogens with one attached hydrogen (secondary N) is 1. The molecule has 0 bridgehead atoms. The second kappa shape index (κ2) is 8.80. The SMILES string of the molecule is Cn1nc(C(C)(C)C)c(C#N)c1-c1nc2c(C(F)(F)F)cc(-c3ccccc3Cl)cc2[nH]1.[H-].[Na+]. The van der Waals surface area contributed by atoms with Gasteiger partial charge < -0.3 is 6.41 Å². The van der Waals surface area contributed by atoms with Crippen LogP contribution in [0.3, 0.4) is 0 Å². The summed E-state index contributed by atoms with van der Waals surface area (Å²) in [6.45, 7) is 5.74. The van der Waals surface area contributed by atoms with Crippen LogP contribution in [0.25, 0.3) is 33.7 Å². The van der Waals surface area contributed by atoms with E-state index in [0.717, 1.165) is 6.07 Å². The number of alkyl halides is 3. The van der Waals surface area contributed by atoms with E-state index in [4.69, 9.17) is 11.6 Å². The van der Waals surface area contributed by atoms with Crippen molar-refractivity contribution in [2.45, 2.75) is 32.4 Å². The zero-order valence-corrected chi connectivity index (χ0v) is 21.5. The third-order valence-corrected chi connectivity index (χ3v) is 5.50. The van der Waals surface area contributed by atoms with E-state index in [0.29, 0.717) is 27.5 Å². The van der Waals surface area contributed by atoms with Crippen molar-refractivity contribution in [2.24, 2.45) is 7.05 Å². The van der Waals surface area contributed by atoms with Crippen LogP contribution in [0.4, 0.5) is 13.2 Å². The average Bonchev–Trinajstić information content (AvgIpc) is 3.26. The molecule has 0 aliphatic rings. The quantitative estimate of drug-likeness (QED) is 0.445. The summed E-state index contributed by atoms with van der Waals surface area (Å²) in [5, 5.41) is 14.6. The average molecular weight is 482 g/mol. The maximum Gasteiger partial charge on any atom is 1.00 e. The molecule has 0 saturated heterocycles. The minimum atomic E-state index is -4.64. The number of nitriles is 1. The maximum absolute atomic E-state index is 14.0. The number of imidazole rings is 1. The zero-order chi connectivity index (χ0) is 23.4. The third kappa shape index (κ3) is 4.56. The van der Waals surface area contributed by atoms with Gasteiger partial charge in [0.05, 0.1) is 16.8 Å². The van der Waals surface area contributed by atoms with Crippen LogP contribution in [0.15, 0.2) is 36.4 Å². The van der Waals surface area contributed by atoms with E-state index in [1.807, 2.05) is 20.8 Å². The Balaban J connectivity index is 0.00000204. The predicted octanol–water partition coefficient (Wildman–Crippen LogP) is 3.59. The summed E-state index contributed by atoms with van der Waals surface area (Å²) in [5.41, 5.74) is 0.590. The van der Waals surface area contributed by atoms with Gasteiger partial charge in [-0.05, 0) is 23.8 Å². The van der Waals surface area contributed by atoms with E-state index in [1.165, 1.54) is 4.68 Å². The Hall–Kier alpha value is -2.31. The van der Waals surface area contributed by atoms with E-state index >= 15 is 0 Å². The van der Waals surface area contributed by atoms with Gasteiger partial charge in [0.2, 0.25) is 0 Å². The minimum Gasteiger partial charge on any atom is -1.00 e. The number of fused-ring (bicyclic) bond motifs is 1. The molecule has 2 aromatic carbocycles. The number of halogens is 4. The van der Waals surface area contributed by atoms with Crippen molar-refractivity contribution in [1.82, 2.24) is 19.7 Å². The first-order chi connectivity index (χ1) is 14.9. The van der Waals surface area contributed by atoms with Gasteiger partial charge in [0.15, 0.2) is 5.82 Å². The van der Waals surface area contributed by atoms with E-state index in [2.05, 4.69) is 21.1 Å². The molecule has 0 aliphatic carbocycles. The van der Waals surface area contributed by atoms with Crippen LogP contribution in [0, 0.1) is 11.3 Å². The van der Waals surface area contributed by atoms with Crippen LogP contribution in [0.1, 0.15) is 39.0 Å². The van der Waals surface area contributed by atoms with Crippen molar-refractivity contribution in [3.8, 4) is 28.7 Å². The van der Waals surface area contributed by atoms with Gasteiger partial charge in [0.1, 0.15) is 22.8 Å². The molecule has 10 heteroatoms. The summed E-state index contributed by atoms with van der Waals surface area (Å²) in [4.78, 5) is 7.22. The molecule has 0 saturated carbocycles. The fourth-order valence-electron chi connectivity index (χ4n) is 3.72. The first-order valence-corrected chi connectivity index (χ1v) is 10.1. The van der Waals surface area contributed by atoms with Crippen molar-refractivity contribution in [3.63, 3.8) is 0 Å². The van der Waals surface area contributed by atoms with Gasteiger partial charge in [0, 0.05) is 23.0 Å². The maximum atomic E-state index is 14.0. The number of aryl methyl sites for hydroxylation is 1. The molecule has 0 amide bonds. The van der Waals surface area contributed by atoms with Crippen LogP contribution < -0.4 is 29.6 Å². The number of nitrogens with zero attached hydrogens (tertiary/aromatic N) is 4. The minimum absolute atomic E-state index is 0. The Kier molecular flexibility index (Phi) is 6.75. The largest absolute Gasteiger partial charge is 1.00 e. The summed E-state index contributed by atoms with van der Waals surface area (Å²) in [6.07, 6.45) is -4.64. The summed E-state index contributed by atoms with van der Waals surface area (Å²) >= 11 is 6.23. The number of benzene rings is 2. The molecule has 166 valence electrons. The van der Waals surface area contributed by atoms with Gasteiger partial charge in [-0.3, -0.25) is 4.68 Å². The number of aromatic amines is 1. The topological polar surface area (TPSA) is 70.3 Å². The molecule has 0 aliphatic heterocycles. The first kappa shape index (κ1) is 25.3. The van der Waals surface area contributed by atoms with Gasteiger partial charge in [-0.25, -0.2) is 4.98 Å². The summed E-state index contributed by atoms with van der Waals surface area (Å²) < 4.78 is 43.3. The standard InChI is InChI=1S/C23H19ClF3N5.Na.H/c1-22(2,3)20-14(11-28)19(32(4)31-20)21-29-17-10-12(13-7-5-6-8-16(13)24)9-15(18(17)30-21)23(25,26)27;;/h5-10H,1-4H3,(H,29,30);;/q;+1;-1. The van der Waals surface area contributed by atoms with E-state index < -0.39 is 17.2 Å². The number of rotatable bonds is 2. The van der Waals surface area contributed by atoms with Crippen molar-refractivity contribution < 1.29 is 44.2 Å². The third-order valence-electron chi connectivity index (χ3n) is 5.17. The molecule has 1 N–H and O–H groups in total. The summed E-state index contributed by atoms with van der Waals surface area (Å²) in [5.74, 6) is 0.142. The second-order valence-corrected chi connectivity index (χ2v) is 8.95. The van der Waals surface area contributed by atoms with Crippen LogP contribution in [0.2, 0.25) is 5.02 Å². The second-order valence-electron chi connectivity index (χ2n) is 8.54. The zero-order valence-electron chi connectivity index (χ0n) is 19.8. The Bertz CT molecular complexity index is 1400. The monoisotopic (exact) mass is 481 g/mol. The van der Waals surface area contributed by atoms with Crippen LogP contribution >= 0.6 is 11.6 Å². The molecule has 0 fully saturated rings. The Morgan fingerprint density at radius 2 is 1.82 bits per heavy atom. The number of hydrogen-bond acceptors (Lipinski definition) is 3. The van der Waals surface area contributed by atoms with Gasteiger partial charge in [-0.1, -0.05) is 50.6 Å². The number of H-pyrrole nitrogens is 1. The smallest absolute Gasteiger partial charge is 1.00 e. The molecule has 4 rings (SSSR count). The molecule has 0 atom stereocenters. The van der Waals surface area contributed by atoms with Crippen LogP contribution in [-0.2, 0) is 18.6 Å². The van der Waals surface area contributed by atoms with Gasteiger partial charge in [-0.2, -0.15) is 23.5 Å². The number of hydrogen-bond donors (Lipinski definition) is 1. The normalized spacial score (nSPS) is 12.0. The van der Waals surface area contributed by atoms with Crippen molar-refractivity contribution in [3.05, 3.63) is 58.2 Å². The van der Waals surface area contributed by atoms with Crippen molar-refractivity contribution in [1.29, 1.82) is 5.26 Å². The molecule has 33 heavy (non-hydrogen) atoms. The summed E-state index contributed by atoms with van der Waals surface area (Å²) in [7, 11) is 1.64. The Labute approximate surface area is 217 Å². The molecular weight excluding hydrogens is 462 g/mol. The van der Waals surface area contributed by atoms with Gasteiger partial charge >= 0.3 is 35.7 Å². The molecule has 5 nitrogen and oxygen atoms in total. The van der Waals surface area contributed by atoms with E-state index in [1.54, 1.807) is 37.4 Å². The van der Waals surface area contributed by atoms with E-state index in [-0.39, 0.29) is 53.4 Å². The molecule has 0 spiro atoms. The molecule has 4 aromatic rings. The van der Waals surface area contributed by atoms with Crippen molar-refractivity contribution >= 4 is 22.6 Å². The first-order valence-electron chi connectivity index (χ1n) is 9.75. The molecule has 2 heterocycles. The predicted molar refractivity (Wildman–Crippen MR) is 118 cm³/mol. The van der Waals surface area contributed by atoms with Gasteiger partial charge in [0.25, 0.3) is 0 Å². The molecular formula is C23H20ClF3N5Na. The Morgan fingerprint density at radius 3 is 2.39 bits per heavy atom.